The maximum atomic E-state index is 13.8. The van der Waals surface area contributed by atoms with E-state index in [1.807, 2.05) is 0 Å². The average Bonchev–Trinajstić information content (AvgIpc) is 2.40. The SMILES string of the molecule is COc1cc(-c2ccc(C(F)(F)F)cc2F)cc(F)c1N. The van der Waals surface area contributed by atoms with E-state index >= 15 is 0 Å². The van der Waals surface area contributed by atoms with Crippen LogP contribution in [0.4, 0.5) is 27.6 Å². The largest absolute Gasteiger partial charge is 0.494 e. The minimum absolute atomic E-state index is 0.0238. The Hall–Kier alpha value is -2.31. The topological polar surface area (TPSA) is 35.2 Å². The molecule has 0 saturated heterocycles. The number of hydrogen-bond donors (Lipinski definition) is 1. The summed E-state index contributed by atoms with van der Waals surface area (Å²) in [7, 11) is 1.25. The Bertz CT molecular complexity index is 682. The van der Waals surface area contributed by atoms with Gasteiger partial charge in [0.1, 0.15) is 17.3 Å². The third-order valence-corrected chi connectivity index (χ3v) is 2.92. The Kier molecular flexibility index (Phi) is 3.76. The zero-order valence-corrected chi connectivity index (χ0v) is 10.8. The van der Waals surface area contributed by atoms with Gasteiger partial charge < -0.3 is 10.5 Å². The van der Waals surface area contributed by atoms with Crippen LogP contribution in [0.2, 0.25) is 0 Å². The number of benzene rings is 2. The number of nitrogens with two attached hydrogens (primary N) is 1. The predicted molar refractivity (Wildman–Crippen MR) is 67.8 cm³/mol. The summed E-state index contributed by atoms with van der Waals surface area (Å²) in [4.78, 5) is 0. The maximum Gasteiger partial charge on any atom is 0.416 e. The second kappa shape index (κ2) is 5.23. The minimum Gasteiger partial charge on any atom is -0.494 e. The number of rotatable bonds is 2. The van der Waals surface area contributed by atoms with Gasteiger partial charge in [0.2, 0.25) is 0 Å². The van der Waals surface area contributed by atoms with Crippen LogP contribution in [0.3, 0.4) is 0 Å². The van der Waals surface area contributed by atoms with Crippen molar-refractivity contribution in [3.63, 3.8) is 0 Å². The summed E-state index contributed by atoms with van der Waals surface area (Å²) < 4.78 is 69.7. The van der Waals surface area contributed by atoms with Crippen molar-refractivity contribution >= 4 is 5.69 Å². The second-order valence-corrected chi connectivity index (χ2v) is 4.27. The third kappa shape index (κ3) is 2.91. The average molecular weight is 303 g/mol. The molecule has 2 aromatic carbocycles. The molecule has 7 heteroatoms. The first kappa shape index (κ1) is 15.1. The summed E-state index contributed by atoms with van der Waals surface area (Å²) in [6, 6.07) is 4.20. The Morgan fingerprint density at radius 1 is 1.00 bits per heavy atom. The van der Waals surface area contributed by atoms with Crippen LogP contribution < -0.4 is 10.5 Å². The van der Waals surface area contributed by atoms with Gasteiger partial charge >= 0.3 is 6.18 Å². The Labute approximate surface area is 116 Å². The summed E-state index contributed by atoms with van der Waals surface area (Å²) in [5.41, 5.74) is 3.89. The van der Waals surface area contributed by atoms with E-state index in [0.717, 1.165) is 18.2 Å². The number of halogens is 5. The van der Waals surface area contributed by atoms with E-state index < -0.39 is 23.4 Å². The van der Waals surface area contributed by atoms with Crippen molar-refractivity contribution in [3.05, 3.63) is 47.5 Å². The molecule has 0 aliphatic carbocycles. The van der Waals surface area contributed by atoms with Crippen LogP contribution in [-0.2, 0) is 6.18 Å². The fraction of sp³-hybridized carbons (Fsp3) is 0.143. The number of ether oxygens (including phenoxy) is 1. The number of hydrogen-bond acceptors (Lipinski definition) is 2. The molecule has 2 nitrogen and oxygen atoms in total. The first-order valence-corrected chi connectivity index (χ1v) is 5.74. The number of methoxy groups -OCH3 is 1. The van der Waals surface area contributed by atoms with Gasteiger partial charge in [0.05, 0.1) is 12.7 Å². The molecule has 2 aromatic rings. The molecule has 0 heterocycles. The standard InChI is InChI=1S/C14H10F5NO/c1-21-12-5-7(4-11(16)13(12)20)9-3-2-8(6-10(9)15)14(17,18)19/h2-6H,20H2,1H3. The fourth-order valence-corrected chi connectivity index (χ4v) is 1.84. The van der Waals surface area contributed by atoms with E-state index in [4.69, 9.17) is 10.5 Å². The summed E-state index contributed by atoms with van der Waals surface area (Å²) in [6.45, 7) is 0. The zero-order chi connectivity index (χ0) is 15.8. The highest BCUT2D eigenvalue weighted by Crippen LogP contribution is 2.35. The molecule has 0 aromatic heterocycles. The first-order valence-electron chi connectivity index (χ1n) is 5.74. The molecule has 0 radical (unpaired) electrons. The molecule has 0 aliphatic rings. The van der Waals surface area contributed by atoms with Crippen molar-refractivity contribution in [2.24, 2.45) is 0 Å². The highest BCUT2D eigenvalue weighted by atomic mass is 19.4. The zero-order valence-electron chi connectivity index (χ0n) is 10.8. The van der Waals surface area contributed by atoms with Gasteiger partial charge in [-0.2, -0.15) is 13.2 Å². The van der Waals surface area contributed by atoms with Gasteiger partial charge in [0.25, 0.3) is 0 Å². The maximum absolute atomic E-state index is 13.8. The molecule has 0 bridgehead atoms. The van der Waals surface area contributed by atoms with Crippen molar-refractivity contribution in [2.45, 2.75) is 6.18 Å². The molecule has 2 N–H and O–H groups in total. The van der Waals surface area contributed by atoms with Crippen LogP contribution in [0.25, 0.3) is 11.1 Å². The van der Waals surface area contributed by atoms with E-state index in [1.165, 1.54) is 13.2 Å². The Morgan fingerprint density at radius 3 is 2.19 bits per heavy atom. The molecule has 112 valence electrons. The fourth-order valence-electron chi connectivity index (χ4n) is 1.84. The lowest BCUT2D eigenvalue weighted by Crippen LogP contribution is -2.05. The summed E-state index contributed by atoms with van der Waals surface area (Å²) >= 11 is 0. The molecule has 2 rings (SSSR count). The highest BCUT2D eigenvalue weighted by Gasteiger charge is 2.31. The second-order valence-electron chi connectivity index (χ2n) is 4.27. The molecule has 0 atom stereocenters. The number of nitrogen functional groups attached to an aromatic ring is 1. The molecule has 21 heavy (non-hydrogen) atoms. The minimum atomic E-state index is -4.65. The monoisotopic (exact) mass is 303 g/mol. The quantitative estimate of drug-likeness (QED) is 0.665. The van der Waals surface area contributed by atoms with E-state index in [-0.39, 0.29) is 22.6 Å². The van der Waals surface area contributed by atoms with Gasteiger partial charge in [-0.3, -0.25) is 0 Å². The van der Waals surface area contributed by atoms with Crippen molar-refractivity contribution < 1.29 is 26.7 Å². The van der Waals surface area contributed by atoms with E-state index in [1.54, 1.807) is 0 Å². The smallest absolute Gasteiger partial charge is 0.416 e. The summed E-state index contributed by atoms with van der Waals surface area (Å²) in [5.74, 6) is -1.98. The van der Waals surface area contributed by atoms with Crippen molar-refractivity contribution in [1.82, 2.24) is 0 Å². The van der Waals surface area contributed by atoms with Gasteiger partial charge in [0.15, 0.2) is 5.82 Å². The number of alkyl halides is 3. The van der Waals surface area contributed by atoms with Crippen LogP contribution >= 0.6 is 0 Å². The lowest BCUT2D eigenvalue weighted by Gasteiger charge is -2.12. The third-order valence-electron chi connectivity index (χ3n) is 2.92. The van der Waals surface area contributed by atoms with Gasteiger partial charge in [-0.05, 0) is 29.8 Å². The van der Waals surface area contributed by atoms with Crippen molar-refractivity contribution in [2.75, 3.05) is 12.8 Å². The molecule has 0 saturated carbocycles. The first-order chi connectivity index (χ1) is 9.74. The van der Waals surface area contributed by atoms with Gasteiger partial charge in [0, 0.05) is 5.56 Å². The van der Waals surface area contributed by atoms with Crippen molar-refractivity contribution in [1.29, 1.82) is 0 Å². The molecular weight excluding hydrogens is 293 g/mol. The molecule has 0 amide bonds. The van der Waals surface area contributed by atoms with Crippen LogP contribution in [0.1, 0.15) is 5.56 Å². The predicted octanol–water partition coefficient (Wildman–Crippen LogP) is 4.24. The molecule has 0 spiro atoms. The normalized spacial score (nSPS) is 11.5. The Morgan fingerprint density at radius 2 is 1.67 bits per heavy atom. The van der Waals surface area contributed by atoms with Gasteiger partial charge in [-0.25, -0.2) is 8.78 Å². The molecule has 0 unspecified atom stereocenters. The molecule has 0 fully saturated rings. The van der Waals surface area contributed by atoms with Gasteiger partial charge in [-0.1, -0.05) is 6.07 Å². The van der Waals surface area contributed by atoms with E-state index in [2.05, 4.69) is 0 Å². The van der Waals surface area contributed by atoms with E-state index in [9.17, 15) is 22.0 Å². The van der Waals surface area contributed by atoms with Gasteiger partial charge in [-0.15, -0.1) is 0 Å². The highest BCUT2D eigenvalue weighted by molar-refractivity contribution is 5.71. The van der Waals surface area contributed by atoms with Crippen molar-refractivity contribution in [3.8, 4) is 16.9 Å². The lowest BCUT2D eigenvalue weighted by atomic mass is 10.0. The number of anilines is 1. The van der Waals surface area contributed by atoms with Crippen LogP contribution in [0.15, 0.2) is 30.3 Å². The van der Waals surface area contributed by atoms with Crippen LogP contribution in [0.5, 0.6) is 5.75 Å². The van der Waals surface area contributed by atoms with Crippen LogP contribution in [-0.4, -0.2) is 7.11 Å². The molecular formula is C14H10F5NO. The molecule has 0 aliphatic heterocycles. The Balaban J connectivity index is 2.55. The summed E-state index contributed by atoms with van der Waals surface area (Å²) in [6.07, 6.45) is -4.65. The summed E-state index contributed by atoms with van der Waals surface area (Å²) in [5, 5.41) is 0. The van der Waals surface area contributed by atoms with E-state index in [0.29, 0.717) is 6.07 Å². The lowest BCUT2D eigenvalue weighted by molar-refractivity contribution is -0.137. The van der Waals surface area contributed by atoms with Crippen LogP contribution in [0, 0.1) is 11.6 Å².